The van der Waals surface area contributed by atoms with Crippen LogP contribution in [0.2, 0.25) is 0 Å². The molecule has 0 aliphatic carbocycles. The largest absolute Gasteiger partial charge is 0.494 e. The summed E-state index contributed by atoms with van der Waals surface area (Å²) in [5.74, 6) is -0.810. The first kappa shape index (κ1) is 15.8. The molecule has 0 fully saturated rings. The number of hydrogen-bond acceptors (Lipinski definition) is 5. The van der Waals surface area contributed by atoms with Crippen molar-refractivity contribution in [1.29, 1.82) is 0 Å². The molecule has 0 radical (unpaired) electrons. The molecule has 0 atom stereocenters. The standard InChI is InChI=1S/C14H13BFNO5S/c1-21-14-7-11(4-5-13(14)16)23(19,20)17-10-3-2-9-8-22-15(18)12(9)6-10/h2-7,17-18H,8H2,1H3. The van der Waals surface area contributed by atoms with Crippen LogP contribution in [0.4, 0.5) is 10.1 Å². The number of benzene rings is 2. The van der Waals surface area contributed by atoms with Crippen molar-refractivity contribution in [2.75, 3.05) is 11.8 Å². The minimum Gasteiger partial charge on any atom is -0.494 e. The third-order valence-corrected chi connectivity index (χ3v) is 4.87. The minimum atomic E-state index is -3.92. The zero-order chi connectivity index (χ0) is 16.6. The number of hydrogen-bond donors (Lipinski definition) is 2. The normalized spacial score (nSPS) is 13.8. The van der Waals surface area contributed by atoms with Gasteiger partial charge in [-0.25, -0.2) is 12.8 Å². The van der Waals surface area contributed by atoms with Gasteiger partial charge in [-0.2, -0.15) is 0 Å². The van der Waals surface area contributed by atoms with Crippen LogP contribution in [0.3, 0.4) is 0 Å². The van der Waals surface area contributed by atoms with Gasteiger partial charge in [0.1, 0.15) is 0 Å². The maximum absolute atomic E-state index is 13.4. The Morgan fingerprint density at radius 3 is 2.83 bits per heavy atom. The Bertz CT molecular complexity index is 858. The number of nitrogens with one attached hydrogen (secondary N) is 1. The Kier molecular flexibility index (Phi) is 4.01. The highest BCUT2D eigenvalue weighted by Crippen LogP contribution is 2.23. The lowest BCUT2D eigenvalue weighted by Gasteiger charge is -2.11. The van der Waals surface area contributed by atoms with E-state index >= 15 is 0 Å². The van der Waals surface area contributed by atoms with Crippen molar-refractivity contribution >= 4 is 28.3 Å². The molecule has 2 N–H and O–H groups in total. The molecule has 0 bridgehead atoms. The molecule has 9 heteroatoms. The van der Waals surface area contributed by atoms with Crippen LogP contribution >= 0.6 is 0 Å². The van der Waals surface area contributed by atoms with E-state index in [-0.39, 0.29) is 22.9 Å². The number of halogens is 1. The molecule has 0 aromatic heterocycles. The summed E-state index contributed by atoms with van der Waals surface area (Å²) >= 11 is 0. The van der Waals surface area contributed by atoms with E-state index in [4.69, 9.17) is 9.39 Å². The number of fused-ring (bicyclic) bond motifs is 1. The highest BCUT2D eigenvalue weighted by atomic mass is 32.2. The average molecular weight is 337 g/mol. The molecule has 1 heterocycles. The maximum atomic E-state index is 13.4. The molecule has 0 saturated carbocycles. The molecule has 1 aliphatic rings. The Labute approximate surface area is 133 Å². The Hall–Kier alpha value is -2.10. The van der Waals surface area contributed by atoms with Crippen LogP contribution in [0.5, 0.6) is 5.75 Å². The molecule has 0 saturated heterocycles. The zero-order valence-electron chi connectivity index (χ0n) is 12.1. The lowest BCUT2D eigenvalue weighted by molar-refractivity contribution is 0.275. The summed E-state index contributed by atoms with van der Waals surface area (Å²) in [6.45, 7) is 0.276. The fraction of sp³-hybridized carbons (Fsp3) is 0.143. The van der Waals surface area contributed by atoms with Crippen LogP contribution in [0.25, 0.3) is 0 Å². The van der Waals surface area contributed by atoms with Gasteiger partial charge in [-0.05, 0) is 35.3 Å². The highest BCUT2D eigenvalue weighted by molar-refractivity contribution is 7.92. The molecule has 3 rings (SSSR count). The summed E-state index contributed by atoms with van der Waals surface area (Å²) in [4.78, 5) is -0.131. The molecule has 0 amide bonds. The van der Waals surface area contributed by atoms with Crippen molar-refractivity contribution in [1.82, 2.24) is 0 Å². The molecule has 0 spiro atoms. The molecule has 2 aromatic rings. The third kappa shape index (κ3) is 3.03. The first-order chi connectivity index (χ1) is 10.9. The third-order valence-electron chi connectivity index (χ3n) is 3.49. The molecular weight excluding hydrogens is 324 g/mol. The molecule has 23 heavy (non-hydrogen) atoms. The smallest absolute Gasteiger partial charge is 0.491 e. The number of sulfonamides is 1. The maximum Gasteiger partial charge on any atom is 0.491 e. The van der Waals surface area contributed by atoms with Gasteiger partial charge in [0.05, 0.1) is 18.6 Å². The van der Waals surface area contributed by atoms with Crippen molar-refractivity contribution < 1.29 is 27.2 Å². The molecule has 1 aliphatic heterocycles. The van der Waals surface area contributed by atoms with E-state index in [1.165, 1.54) is 13.2 Å². The monoisotopic (exact) mass is 337 g/mol. The van der Waals surface area contributed by atoms with E-state index in [9.17, 15) is 17.8 Å². The number of ether oxygens (including phenoxy) is 1. The second kappa shape index (κ2) is 5.84. The van der Waals surface area contributed by atoms with E-state index in [0.29, 0.717) is 5.46 Å². The second-order valence-corrected chi connectivity index (χ2v) is 6.66. The highest BCUT2D eigenvalue weighted by Gasteiger charge is 2.28. The van der Waals surface area contributed by atoms with Gasteiger partial charge in [-0.1, -0.05) is 6.07 Å². The molecular formula is C14H13BFNO5S. The Morgan fingerprint density at radius 2 is 2.09 bits per heavy atom. The van der Waals surface area contributed by atoms with Crippen molar-refractivity contribution in [2.45, 2.75) is 11.5 Å². The summed E-state index contributed by atoms with van der Waals surface area (Å²) in [5, 5.41) is 9.66. The zero-order valence-corrected chi connectivity index (χ0v) is 12.9. The fourth-order valence-electron chi connectivity index (χ4n) is 2.30. The molecule has 2 aromatic carbocycles. The van der Waals surface area contributed by atoms with Gasteiger partial charge in [0.25, 0.3) is 10.0 Å². The van der Waals surface area contributed by atoms with E-state index in [1.54, 1.807) is 12.1 Å². The van der Waals surface area contributed by atoms with Crippen LogP contribution in [0.15, 0.2) is 41.3 Å². The van der Waals surface area contributed by atoms with Crippen LogP contribution in [-0.2, 0) is 21.3 Å². The van der Waals surface area contributed by atoms with E-state index in [1.807, 2.05) is 0 Å². The molecule has 0 unspecified atom stereocenters. The van der Waals surface area contributed by atoms with Gasteiger partial charge < -0.3 is 14.4 Å². The minimum absolute atomic E-state index is 0.131. The second-order valence-electron chi connectivity index (χ2n) is 4.98. The number of anilines is 1. The Balaban J connectivity index is 1.91. The van der Waals surface area contributed by atoms with E-state index < -0.39 is 23.0 Å². The summed E-state index contributed by atoms with van der Waals surface area (Å²) in [5.41, 5.74) is 1.59. The van der Waals surface area contributed by atoms with Crippen molar-refractivity contribution in [2.24, 2.45) is 0 Å². The summed E-state index contributed by atoms with van der Waals surface area (Å²) in [6.07, 6.45) is 0. The van der Waals surface area contributed by atoms with Crippen molar-refractivity contribution in [3.63, 3.8) is 0 Å². The SMILES string of the molecule is COc1cc(S(=O)(=O)Nc2ccc3c(c2)B(O)OC3)ccc1F. The van der Waals surface area contributed by atoms with E-state index in [0.717, 1.165) is 23.8 Å². The van der Waals surface area contributed by atoms with Crippen LogP contribution < -0.4 is 14.9 Å². The van der Waals surface area contributed by atoms with Gasteiger partial charge in [0, 0.05) is 11.8 Å². The average Bonchev–Trinajstić information content (AvgIpc) is 2.88. The summed E-state index contributed by atoms with van der Waals surface area (Å²) in [7, 11) is -3.73. The quantitative estimate of drug-likeness (QED) is 0.808. The number of methoxy groups -OCH3 is 1. The van der Waals surface area contributed by atoms with Crippen molar-refractivity contribution in [3.05, 3.63) is 47.8 Å². The Morgan fingerprint density at radius 1 is 1.30 bits per heavy atom. The van der Waals surface area contributed by atoms with Crippen LogP contribution in [0, 0.1) is 5.82 Å². The van der Waals surface area contributed by atoms with Gasteiger partial charge >= 0.3 is 7.12 Å². The predicted octanol–water partition coefficient (Wildman–Crippen LogP) is 0.853. The fourth-order valence-corrected chi connectivity index (χ4v) is 3.36. The summed E-state index contributed by atoms with van der Waals surface area (Å²) in [6, 6.07) is 8.01. The van der Waals surface area contributed by atoms with Crippen LogP contribution in [0.1, 0.15) is 5.56 Å². The van der Waals surface area contributed by atoms with Gasteiger partial charge in [0.15, 0.2) is 11.6 Å². The lowest BCUT2D eigenvalue weighted by Crippen LogP contribution is -2.28. The topological polar surface area (TPSA) is 84.9 Å². The molecule has 6 nitrogen and oxygen atoms in total. The number of rotatable bonds is 4. The molecule has 120 valence electrons. The van der Waals surface area contributed by atoms with Gasteiger partial charge in [-0.3, -0.25) is 4.72 Å². The lowest BCUT2D eigenvalue weighted by atomic mass is 9.79. The first-order valence-corrected chi connectivity index (χ1v) is 8.18. The first-order valence-electron chi connectivity index (χ1n) is 6.69. The van der Waals surface area contributed by atoms with E-state index in [2.05, 4.69) is 4.72 Å². The van der Waals surface area contributed by atoms with Crippen LogP contribution in [-0.4, -0.2) is 27.7 Å². The van der Waals surface area contributed by atoms with Crippen molar-refractivity contribution in [3.8, 4) is 5.75 Å². The van der Waals surface area contributed by atoms with Gasteiger partial charge in [0.2, 0.25) is 0 Å². The summed E-state index contributed by atoms with van der Waals surface area (Å²) < 4.78 is 50.4. The van der Waals surface area contributed by atoms with Gasteiger partial charge in [-0.15, -0.1) is 0 Å². The predicted molar refractivity (Wildman–Crippen MR) is 82.6 cm³/mol.